The van der Waals surface area contributed by atoms with Gasteiger partial charge in [0.2, 0.25) is 0 Å². The van der Waals surface area contributed by atoms with Crippen LogP contribution in [-0.4, -0.2) is 17.4 Å². The van der Waals surface area contributed by atoms with Crippen LogP contribution < -0.4 is 5.32 Å². The van der Waals surface area contributed by atoms with Crippen LogP contribution in [0.5, 0.6) is 0 Å². The fourth-order valence-corrected chi connectivity index (χ4v) is 1.48. The minimum absolute atomic E-state index is 0.758. The number of unbranched alkanes of at least 4 members (excludes halogenated alkanes) is 1. The second-order valence-corrected chi connectivity index (χ2v) is 3.82. The van der Waals surface area contributed by atoms with Crippen LogP contribution in [0.15, 0.2) is 18.5 Å². The third kappa shape index (κ3) is 4.58. The zero-order valence-electron chi connectivity index (χ0n) is 8.59. The summed E-state index contributed by atoms with van der Waals surface area (Å²) in [6.45, 7) is 3.99. The van der Waals surface area contributed by atoms with Gasteiger partial charge in [-0.3, -0.25) is 4.98 Å². The zero-order valence-corrected chi connectivity index (χ0v) is 9.35. The third-order valence-electron chi connectivity index (χ3n) is 2.00. The predicted molar refractivity (Wildman–Crippen MR) is 60.6 cm³/mol. The Hall–Kier alpha value is -0.600. The molecular formula is C11H17ClN2. The first-order valence-corrected chi connectivity index (χ1v) is 5.53. The van der Waals surface area contributed by atoms with E-state index in [-0.39, 0.29) is 0 Å². The van der Waals surface area contributed by atoms with Crippen LogP contribution in [0.1, 0.15) is 24.0 Å². The number of nitrogens with zero attached hydrogens (tertiary/aromatic N) is 1. The van der Waals surface area contributed by atoms with Gasteiger partial charge in [-0.15, -0.1) is 11.6 Å². The third-order valence-corrected chi connectivity index (χ3v) is 2.27. The Bertz CT molecular complexity index is 263. The van der Waals surface area contributed by atoms with Crippen LogP contribution in [0.25, 0.3) is 0 Å². The number of aromatic nitrogens is 1. The standard InChI is InChI=1S/C11H17ClN2/c1-10-6-11(9-14-7-10)8-13-5-3-2-4-12/h6-7,9,13H,2-5,8H2,1H3. The first-order chi connectivity index (χ1) is 6.83. The molecule has 0 unspecified atom stereocenters. The van der Waals surface area contributed by atoms with Crippen LogP contribution in [-0.2, 0) is 6.54 Å². The molecule has 0 atom stereocenters. The van der Waals surface area contributed by atoms with Crippen molar-refractivity contribution in [1.29, 1.82) is 0 Å². The molecule has 1 N–H and O–H groups in total. The van der Waals surface area contributed by atoms with Crippen molar-refractivity contribution in [2.24, 2.45) is 0 Å². The smallest absolute Gasteiger partial charge is 0.0313 e. The van der Waals surface area contributed by atoms with Gasteiger partial charge >= 0.3 is 0 Å². The van der Waals surface area contributed by atoms with Crippen molar-refractivity contribution in [3.05, 3.63) is 29.6 Å². The van der Waals surface area contributed by atoms with Crippen molar-refractivity contribution in [3.63, 3.8) is 0 Å². The molecule has 1 rings (SSSR count). The lowest BCUT2D eigenvalue weighted by Crippen LogP contribution is -2.14. The van der Waals surface area contributed by atoms with Gasteiger partial charge in [-0.1, -0.05) is 6.07 Å². The van der Waals surface area contributed by atoms with Gasteiger partial charge in [0.25, 0.3) is 0 Å². The number of rotatable bonds is 6. The van der Waals surface area contributed by atoms with Crippen LogP contribution in [0.4, 0.5) is 0 Å². The van der Waals surface area contributed by atoms with Crippen molar-refractivity contribution in [2.45, 2.75) is 26.3 Å². The summed E-state index contributed by atoms with van der Waals surface area (Å²) >= 11 is 5.58. The van der Waals surface area contributed by atoms with Gasteiger partial charge < -0.3 is 5.32 Å². The normalized spacial score (nSPS) is 10.4. The van der Waals surface area contributed by atoms with Crippen LogP contribution in [0, 0.1) is 6.92 Å². The van der Waals surface area contributed by atoms with Crippen LogP contribution >= 0.6 is 11.6 Å². The quantitative estimate of drug-likeness (QED) is 0.579. The van der Waals surface area contributed by atoms with E-state index in [1.807, 2.05) is 12.4 Å². The number of pyridine rings is 1. The summed E-state index contributed by atoms with van der Waals surface area (Å²) in [7, 11) is 0. The summed E-state index contributed by atoms with van der Waals surface area (Å²) in [6, 6.07) is 2.15. The Labute approximate surface area is 90.7 Å². The van der Waals surface area contributed by atoms with Gasteiger partial charge in [-0.2, -0.15) is 0 Å². The highest BCUT2D eigenvalue weighted by Crippen LogP contribution is 2.00. The number of aryl methyl sites for hydroxylation is 1. The van der Waals surface area contributed by atoms with Crippen LogP contribution in [0.2, 0.25) is 0 Å². The topological polar surface area (TPSA) is 24.9 Å². The summed E-state index contributed by atoms with van der Waals surface area (Å²) in [6.07, 6.45) is 6.00. The highest BCUT2D eigenvalue weighted by atomic mass is 35.5. The molecule has 0 saturated carbocycles. The predicted octanol–water partition coefficient (Wildman–Crippen LogP) is 2.50. The molecule has 78 valence electrons. The Balaban J connectivity index is 2.18. The molecule has 0 saturated heterocycles. The highest BCUT2D eigenvalue weighted by Gasteiger charge is 1.93. The Morgan fingerprint density at radius 2 is 2.21 bits per heavy atom. The zero-order chi connectivity index (χ0) is 10.2. The van der Waals surface area contributed by atoms with Gasteiger partial charge in [-0.05, 0) is 37.4 Å². The summed E-state index contributed by atoms with van der Waals surface area (Å²) in [5.74, 6) is 0.758. The van der Waals surface area contributed by atoms with E-state index in [1.54, 1.807) is 0 Å². The number of hydrogen-bond acceptors (Lipinski definition) is 2. The van der Waals surface area contributed by atoms with E-state index in [2.05, 4.69) is 23.3 Å². The first-order valence-electron chi connectivity index (χ1n) is 5.00. The van der Waals surface area contributed by atoms with Gasteiger partial charge in [0.1, 0.15) is 0 Å². The molecule has 0 aliphatic carbocycles. The van der Waals surface area contributed by atoms with Gasteiger partial charge in [0.15, 0.2) is 0 Å². The molecule has 0 bridgehead atoms. The minimum Gasteiger partial charge on any atom is -0.313 e. The molecule has 0 aliphatic heterocycles. The average Bonchev–Trinajstić information content (AvgIpc) is 2.18. The number of nitrogens with one attached hydrogen (secondary N) is 1. The molecule has 0 fully saturated rings. The van der Waals surface area contributed by atoms with Gasteiger partial charge in [-0.25, -0.2) is 0 Å². The Kier molecular flexibility index (Phi) is 5.57. The Morgan fingerprint density at radius 1 is 1.36 bits per heavy atom. The highest BCUT2D eigenvalue weighted by molar-refractivity contribution is 6.17. The lowest BCUT2D eigenvalue weighted by Gasteiger charge is -2.04. The lowest BCUT2D eigenvalue weighted by molar-refractivity contribution is 0.641. The van der Waals surface area contributed by atoms with Gasteiger partial charge in [0, 0.05) is 24.8 Å². The second-order valence-electron chi connectivity index (χ2n) is 3.44. The van der Waals surface area contributed by atoms with Crippen molar-refractivity contribution >= 4 is 11.6 Å². The summed E-state index contributed by atoms with van der Waals surface area (Å²) in [5, 5.41) is 3.37. The van der Waals surface area contributed by atoms with E-state index in [1.165, 1.54) is 11.1 Å². The number of hydrogen-bond donors (Lipinski definition) is 1. The molecule has 3 heteroatoms. The van der Waals surface area contributed by atoms with Gasteiger partial charge in [0.05, 0.1) is 0 Å². The van der Waals surface area contributed by atoms with Crippen LogP contribution in [0.3, 0.4) is 0 Å². The van der Waals surface area contributed by atoms with E-state index in [0.29, 0.717) is 0 Å². The summed E-state index contributed by atoms with van der Waals surface area (Å²) in [5.41, 5.74) is 2.46. The Morgan fingerprint density at radius 3 is 2.93 bits per heavy atom. The van der Waals surface area contributed by atoms with E-state index < -0.39 is 0 Å². The first kappa shape index (κ1) is 11.5. The molecule has 0 spiro atoms. The molecule has 0 amide bonds. The van der Waals surface area contributed by atoms with E-state index in [9.17, 15) is 0 Å². The number of halogens is 1. The molecule has 1 aromatic heterocycles. The molecule has 0 aromatic carbocycles. The molecule has 2 nitrogen and oxygen atoms in total. The maximum absolute atomic E-state index is 5.58. The molecule has 1 heterocycles. The van der Waals surface area contributed by atoms with Crippen molar-refractivity contribution in [1.82, 2.24) is 10.3 Å². The van der Waals surface area contributed by atoms with E-state index in [0.717, 1.165) is 31.8 Å². The molecule has 1 aromatic rings. The molecular weight excluding hydrogens is 196 g/mol. The minimum atomic E-state index is 0.758. The molecule has 0 aliphatic rings. The van der Waals surface area contributed by atoms with Crippen molar-refractivity contribution in [2.75, 3.05) is 12.4 Å². The molecule has 14 heavy (non-hydrogen) atoms. The fraction of sp³-hybridized carbons (Fsp3) is 0.545. The lowest BCUT2D eigenvalue weighted by atomic mass is 10.2. The average molecular weight is 213 g/mol. The molecule has 0 radical (unpaired) electrons. The maximum Gasteiger partial charge on any atom is 0.0313 e. The van der Waals surface area contributed by atoms with Crippen molar-refractivity contribution in [3.8, 4) is 0 Å². The summed E-state index contributed by atoms with van der Waals surface area (Å²) < 4.78 is 0. The monoisotopic (exact) mass is 212 g/mol. The SMILES string of the molecule is Cc1cncc(CNCCCCCl)c1. The fourth-order valence-electron chi connectivity index (χ4n) is 1.29. The van der Waals surface area contributed by atoms with Crippen molar-refractivity contribution < 1.29 is 0 Å². The maximum atomic E-state index is 5.58. The number of alkyl halides is 1. The largest absolute Gasteiger partial charge is 0.313 e. The second kappa shape index (κ2) is 6.80. The van der Waals surface area contributed by atoms with E-state index in [4.69, 9.17) is 11.6 Å². The summed E-state index contributed by atoms with van der Waals surface area (Å²) in [4.78, 5) is 4.14. The van der Waals surface area contributed by atoms with E-state index >= 15 is 0 Å².